The fraction of sp³-hybridized carbons (Fsp3) is 0.385. The summed E-state index contributed by atoms with van der Waals surface area (Å²) >= 11 is 0. The third-order valence-electron chi connectivity index (χ3n) is 2.78. The molecule has 1 aromatic carbocycles. The van der Waals surface area contributed by atoms with Gasteiger partial charge in [-0.2, -0.15) is 0 Å². The highest BCUT2D eigenvalue weighted by Crippen LogP contribution is 2.17. The molecule has 0 saturated carbocycles. The molecule has 4 nitrogen and oxygen atoms in total. The number of aliphatic hydroxyl groups excluding tert-OH is 1. The van der Waals surface area contributed by atoms with E-state index in [1.807, 2.05) is 12.3 Å². The van der Waals surface area contributed by atoms with Gasteiger partial charge in [0.2, 0.25) is 0 Å². The van der Waals surface area contributed by atoms with Crippen LogP contribution in [0.3, 0.4) is 0 Å². The fourth-order valence-electron chi connectivity index (χ4n) is 1.90. The van der Waals surface area contributed by atoms with E-state index in [2.05, 4.69) is 22.8 Å². The first kappa shape index (κ1) is 12.1. The van der Waals surface area contributed by atoms with Crippen LogP contribution in [-0.2, 0) is 17.8 Å². The molecule has 0 saturated heterocycles. The number of aliphatic hydroxyl groups is 1. The minimum absolute atomic E-state index is 0.0757. The second-order valence-corrected chi connectivity index (χ2v) is 3.94. The van der Waals surface area contributed by atoms with Crippen molar-refractivity contribution < 1.29 is 9.84 Å². The molecule has 2 rings (SSSR count). The summed E-state index contributed by atoms with van der Waals surface area (Å²) < 4.78 is 7.40. The van der Waals surface area contributed by atoms with Crippen molar-refractivity contribution in [3.8, 4) is 0 Å². The van der Waals surface area contributed by atoms with Crippen LogP contribution in [0.5, 0.6) is 0 Å². The minimum atomic E-state index is 0.0757. The SMILES string of the molecule is NCc1ccc2c(ccn2CCOCCO)c1. The van der Waals surface area contributed by atoms with E-state index in [1.165, 1.54) is 10.9 Å². The maximum absolute atomic E-state index is 8.61. The van der Waals surface area contributed by atoms with Crippen LogP contribution in [0.2, 0.25) is 0 Å². The van der Waals surface area contributed by atoms with Crippen LogP contribution < -0.4 is 5.73 Å². The van der Waals surface area contributed by atoms with Crippen LogP contribution in [0, 0.1) is 0 Å². The van der Waals surface area contributed by atoms with E-state index < -0.39 is 0 Å². The standard InChI is InChI=1S/C13H18N2O2/c14-10-11-1-2-13-12(9-11)3-4-15(13)5-7-17-8-6-16/h1-4,9,16H,5-8,10,14H2. The minimum Gasteiger partial charge on any atom is -0.394 e. The second kappa shape index (κ2) is 5.82. The molecule has 1 aromatic heterocycles. The average Bonchev–Trinajstić information content (AvgIpc) is 2.77. The van der Waals surface area contributed by atoms with Gasteiger partial charge in [-0.25, -0.2) is 0 Å². The zero-order chi connectivity index (χ0) is 12.1. The Hall–Kier alpha value is -1.36. The van der Waals surface area contributed by atoms with Crippen molar-refractivity contribution in [2.45, 2.75) is 13.1 Å². The van der Waals surface area contributed by atoms with Gasteiger partial charge >= 0.3 is 0 Å². The molecule has 0 atom stereocenters. The third-order valence-corrected chi connectivity index (χ3v) is 2.78. The monoisotopic (exact) mass is 234 g/mol. The molecular formula is C13H18N2O2. The molecule has 0 aliphatic heterocycles. The lowest BCUT2D eigenvalue weighted by Gasteiger charge is -2.06. The molecular weight excluding hydrogens is 216 g/mol. The van der Waals surface area contributed by atoms with Crippen molar-refractivity contribution in [2.75, 3.05) is 19.8 Å². The number of rotatable bonds is 6. The number of benzene rings is 1. The van der Waals surface area contributed by atoms with Crippen molar-refractivity contribution in [1.82, 2.24) is 4.57 Å². The van der Waals surface area contributed by atoms with Gasteiger partial charge in [0.1, 0.15) is 0 Å². The summed E-state index contributed by atoms with van der Waals surface area (Å²) in [7, 11) is 0. The van der Waals surface area contributed by atoms with Crippen molar-refractivity contribution in [2.24, 2.45) is 5.73 Å². The summed E-state index contributed by atoms with van der Waals surface area (Å²) in [5.74, 6) is 0. The van der Waals surface area contributed by atoms with Crippen molar-refractivity contribution in [3.05, 3.63) is 36.0 Å². The van der Waals surface area contributed by atoms with Crippen LogP contribution in [0.25, 0.3) is 10.9 Å². The molecule has 0 fully saturated rings. The maximum atomic E-state index is 8.61. The van der Waals surface area contributed by atoms with Gasteiger partial charge in [0.25, 0.3) is 0 Å². The molecule has 17 heavy (non-hydrogen) atoms. The molecule has 1 heterocycles. The van der Waals surface area contributed by atoms with Gasteiger partial charge in [0.05, 0.1) is 19.8 Å². The van der Waals surface area contributed by atoms with Gasteiger partial charge in [0.15, 0.2) is 0 Å². The van der Waals surface area contributed by atoms with E-state index >= 15 is 0 Å². The topological polar surface area (TPSA) is 60.4 Å². The average molecular weight is 234 g/mol. The van der Waals surface area contributed by atoms with Crippen LogP contribution in [0.4, 0.5) is 0 Å². The van der Waals surface area contributed by atoms with Crippen LogP contribution >= 0.6 is 0 Å². The van der Waals surface area contributed by atoms with Crippen LogP contribution in [0.15, 0.2) is 30.5 Å². The fourth-order valence-corrected chi connectivity index (χ4v) is 1.90. The first-order valence-corrected chi connectivity index (χ1v) is 5.81. The highest BCUT2D eigenvalue weighted by Gasteiger charge is 2.01. The Labute approximate surface area is 101 Å². The van der Waals surface area contributed by atoms with Crippen LogP contribution in [-0.4, -0.2) is 29.5 Å². The lowest BCUT2D eigenvalue weighted by Crippen LogP contribution is -2.07. The number of hydrogen-bond acceptors (Lipinski definition) is 3. The third kappa shape index (κ3) is 2.85. The quantitative estimate of drug-likeness (QED) is 0.736. The van der Waals surface area contributed by atoms with E-state index in [9.17, 15) is 0 Å². The summed E-state index contributed by atoms with van der Waals surface area (Å²) in [6.07, 6.45) is 2.05. The first-order valence-electron chi connectivity index (χ1n) is 5.81. The van der Waals surface area contributed by atoms with E-state index in [4.69, 9.17) is 15.6 Å². The number of fused-ring (bicyclic) bond motifs is 1. The molecule has 4 heteroatoms. The largest absolute Gasteiger partial charge is 0.394 e. The highest BCUT2D eigenvalue weighted by molar-refractivity contribution is 5.80. The molecule has 0 aliphatic rings. The number of nitrogens with zero attached hydrogens (tertiary/aromatic N) is 1. The van der Waals surface area contributed by atoms with Gasteiger partial charge in [-0.3, -0.25) is 0 Å². The highest BCUT2D eigenvalue weighted by atomic mass is 16.5. The molecule has 0 unspecified atom stereocenters. The maximum Gasteiger partial charge on any atom is 0.0698 e. The predicted molar refractivity (Wildman–Crippen MR) is 67.7 cm³/mol. The zero-order valence-corrected chi connectivity index (χ0v) is 9.80. The lowest BCUT2D eigenvalue weighted by atomic mass is 10.1. The predicted octanol–water partition coefficient (Wildman–Crippen LogP) is 1.11. The zero-order valence-electron chi connectivity index (χ0n) is 9.80. The number of nitrogens with two attached hydrogens (primary N) is 1. The van der Waals surface area contributed by atoms with E-state index in [0.29, 0.717) is 19.8 Å². The second-order valence-electron chi connectivity index (χ2n) is 3.94. The molecule has 3 N–H and O–H groups in total. The van der Waals surface area contributed by atoms with Crippen LogP contribution in [0.1, 0.15) is 5.56 Å². The summed E-state index contributed by atoms with van der Waals surface area (Å²) in [6, 6.07) is 8.33. The Balaban J connectivity index is 2.08. The summed E-state index contributed by atoms with van der Waals surface area (Å²) in [5.41, 5.74) is 7.95. The Bertz CT molecular complexity index is 479. The Morgan fingerprint density at radius 3 is 2.88 bits per heavy atom. The van der Waals surface area contributed by atoms with Gasteiger partial charge < -0.3 is 20.1 Å². The molecule has 0 amide bonds. The van der Waals surface area contributed by atoms with Gasteiger partial charge in [-0.1, -0.05) is 6.07 Å². The molecule has 0 bridgehead atoms. The summed E-state index contributed by atoms with van der Waals surface area (Å²) in [5, 5.41) is 9.81. The number of ether oxygens (including phenoxy) is 1. The lowest BCUT2D eigenvalue weighted by molar-refractivity contribution is 0.0875. The number of hydrogen-bond donors (Lipinski definition) is 2. The van der Waals surface area contributed by atoms with Gasteiger partial charge in [-0.15, -0.1) is 0 Å². The molecule has 92 valence electrons. The van der Waals surface area contributed by atoms with Gasteiger partial charge in [0, 0.05) is 24.8 Å². The Morgan fingerprint density at radius 1 is 1.24 bits per heavy atom. The van der Waals surface area contributed by atoms with Crippen molar-refractivity contribution in [1.29, 1.82) is 0 Å². The first-order chi connectivity index (χ1) is 8.35. The molecule has 0 spiro atoms. The summed E-state index contributed by atoms with van der Waals surface area (Å²) in [6.45, 7) is 2.46. The molecule has 0 aliphatic carbocycles. The molecule has 0 radical (unpaired) electrons. The van der Waals surface area contributed by atoms with E-state index in [-0.39, 0.29) is 6.61 Å². The molecule has 2 aromatic rings. The Kier molecular flexibility index (Phi) is 4.14. The smallest absolute Gasteiger partial charge is 0.0698 e. The van der Waals surface area contributed by atoms with Crippen molar-refractivity contribution >= 4 is 10.9 Å². The Morgan fingerprint density at radius 2 is 2.12 bits per heavy atom. The summed E-state index contributed by atoms with van der Waals surface area (Å²) in [4.78, 5) is 0. The van der Waals surface area contributed by atoms with Crippen molar-refractivity contribution in [3.63, 3.8) is 0 Å². The number of aromatic nitrogens is 1. The van der Waals surface area contributed by atoms with E-state index in [0.717, 1.165) is 12.1 Å². The van der Waals surface area contributed by atoms with Gasteiger partial charge in [-0.05, 0) is 29.1 Å². The van der Waals surface area contributed by atoms with E-state index in [1.54, 1.807) is 0 Å². The normalized spacial score (nSPS) is 11.2.